The van der Waals surface area contributed by atoms with Gasteiger partial charge >= 0.3 is 0 Å². The Morgan fingerprint density at radius 1 is 1.25 bits per heavy atom. The molecule has 1 heterocycles. The van der Waals surface area contributed by atoms with E-state index in [9.17, 15) is 0 Å². The molecule has 2 nitrogen and oxygen atoms in total. The van der Waals surface area contributed by atoms with Gasteiger partial charge in [-0.25, -0.2) is 0 Å². The van der Waals surface area contributed by atoms with E-state index in [4.69, 9.17) is 16.3 Å². The number of hydrogen-bond acceptors (Lipinski definition) is 3. The molecule has 1 N–H and O–H groups in total. The highest BCUT2D eigenvalue weighted by Crippen LogP contribution is 2.29. The van der Waals surface area contributed by atoms with Crippen molar-refractivity contribution >= 4 is 22.9 Å². The predicted molar refractivity (Wildman–Crippen MR) is 87.0 cm³/mol. The van der Waals surface area contributed by atoms with Crippen molar-refractivity contribution in [3.8, 4) is 5.75 Å². The number of ether oxygens (including phenoxy) is 1. The Kier molecular flexibility index (Phi) is 6.37. The second-order valence-electron chi connectivity index (χ2n) is 4.58. The average molecular weight is 310 g/mol. The van der Waals surface area contributed by atoms with E-state index in [1.807, 2.05) is 12.1 Å². The first-order valence-electron chi connectivity index (χ1n) is 6.94. The van der Waals surface area contributed by atoms with Crippen molar-refractivity contribution in [1.29, 1.82) is 0 Å². The standard InChI is InChI=1S/C16H20ClNOS/c1-2-9-18-12-13-5-3-7-15(17)16(13)19-10-8-14-6-4-11-20-14/h3-7,11,18H,2,8-10,12H2,1H3. The molecule has 108 valence electrons. The second kappa shape index (κ2) is 8.30. The van der Waals surface area contributed by atoms with Gasteiger partial charge < -0.3 is 10.1 Å². The number of benzene rings is 1. The van der Waals surface area contributed by atoms with Gasteiger partial charge in [0.2, 0.25) is 0 Å². The third kappa shape index (κ3) is 4.51. The van der Waals surface area contributed by atoms with Gasteiger partial charge in [-0.3, -0.25) is 0 Å². The molecule has 0 radical (unpaired) electrons. The van der Waals surface area contributed by atoms with Crippen molar-refractivity contribution in [2.24, 2.45) is 0 Å². The molecule has 0 saturated heterocycles. The molecule has 0 atom stereocenters. The topological polar surface area (TPSA) is 21.3 Å². The number of para-hydroxylation sites is 1. The fraction of sp³-hybridized carbons (Fsp3) is 0.375. The Morgan fingerprint density at radius 3 is 2.90 bits per heavy atom. The van der Waals surface area contributed by atoms with Gasteiger partial charge in [0.1, 0.15) is 5.75 Å². The highest BCUT2D eigenvalue weighted by molar-refractivity contribution is 7.09. The molecule has 0 unspecified atom stereocenters. The SMILES string of the molecule is CCCNCc1cccc(Cl)c1OCCc1cccs1. The monoisotopic (exact) mass is 309 g/mol. The molecule has 0 amide bonds. The number of thiophene rings is 1. The Labute approximate surface area is 129 Å². The second-order valence-corrected chi connectivity index (χ2v) is 6.02. The quantitative estimate of drug-likeness (QED) is 0.724. The van der Waals surface area contributed by atoms with Crippen LogP contribution in [0.2, 0.25) is 5.02 Å². The molecule has 20 heavy (non-hydrogen) atoms. The number of hydrogen-bond donors (Lipinski definition) is 1. The molecule has 2 rings (SSSR count). The first-order chi connectivity index (χ1) is 9.81. The Hall–Kier alpha value is -1.03. The van der Waals surface area contributed by atoms with Gasteiger partial charge in [0, 0.05) is 23.4 Å². The van der Waals surface area contributed by atoms with E-state index in [0.717, 1.165) is 37.2 Å². The van der Waals surface area contributed by atoms with Crippen LogP contribution >= 0.6 is 22.9 Å². The molecule has 1 aromatic carbocycles. The molecule has 0 bridgehead atoms. The largest absolute Gasteiger partial charge is 0.491 e. The van der Waals surface area contributed by atoms with Crippen LogP contribution in [0, 0.1) is 0 Å². The van der Waals surface area contributed by atoms with Crippen molar-refractivity contribution in [1.82, 2.24) is 5.32 Å². The average Bonchev–Trinajstić information content (AvgIpc) is 2.95. The van der Waals surface area contributed by atoms with Crippen molar-refractivity contribution < 1.29 is 4.74 Å². The fourth-order valence-electron chi connectivity index (χ4n) is 1.96. The van der Waals surface area contributed by atoms with Crippen LogP contribution in [0.15, 0.2) is 35.7 Å². The molecule has 2 aromatic rings. The first kappa shape index (κ1) is 15.4. The van der Waals surface area contributed by atoms with Gasteiger partial charge in [0.25, 0.3) is 0 Å². The van der Waals surface area contributed by atoms with Crippen LogP contribution in [0.4, 0.5) is 0 Å². The van der Waals surface area contributed by atoms with Crippen LogP contribution in [-0.4, -0.2) is 13.2 Å². The van der Waals surface area contributed by atoms with Gasteiger partial charge in [0.05, 0.1) is 11.6 Å². The molecule has 1 aromatic heterocycles. The predicted octanol–water partition coefficient (Wildman–Crippen LogP) is 4.52. The van der Waals surface area contributed by atoms with Crippen molar-refractivity contribution in [3.05, 3.63) is 51.2 Å². The molecule has 4 heteroatoms. The van der Waals surface area contributed by atoms with Crippen molar-refractivity contribution in [2.75, 3.05) is 13.2 Å². The number of halogens is 1. The minimum absolute atomic E-state index is 0.658. The highest BCUT2D eigenvalue weighted by Gasteiger charge is 2.08. The normalized spacial score (nSPS) is 10.7. The van der Waals surface area contributed by atoms with Gasteiger partial charge in [-0.2, -0.15) is 0 Å². The zero-order chi connectivity index (χ0) is 14.2. The lowest BCUT2D eigenvalue weighted by Gasteiger charge is -2.13. The number of nitrogens with one attached hydrogen (secondary N) is 1. The molecule has 0 aliphatic carbocycles. The zero-order valence-electron chi connectivity index (χ0n) is 11.7. The summed E-state index contributed by atoms with van der Waals surface area (Å²) in [6.07, 6.45) is 2.04. The van der Waals surface area contributed by atoms with E-state index in [0.29, 0.717) is 11.6 Å². The molecule has 0 aliphatic heterocycles. The third-order valence-corrected chi connectivity index (χ3v) is 4.20. The summed E-state index contributed by atoms with van der Waals surface area (Å²) in [5, 5.41) is 6.16. The Morgan fingerprint density at radius 2 is 2.15 bits per heavy atom. The van der Waals surface area contributed by atoms with E-state index in [1.54, 1.807) is 11.3 Å². The third-order valence-electron chi connectivity index (χ3n) is 2.97. The van der Waals surface area contributed by atoms with Crippen molar-refractivity contribution in [2.45, 2.75) is 26.3 Å². The fourth-order valence-corrected chi connectivity index (χ4v) is 2.90. The maximum absolute atomic E-state index is 6.25. The zero-order valence-corrected chi connectivity index (χ0v) is 13.3. The van der Waals surface area contributed by atoms with Crippen LogP contribution in [-0.2, 0) is 13.0 Å². The summed E-state index contributed by atoms with van der Waals surface area (Å²) < 4.78 is 5.91. The molecule has 0 fully saturated rings. The lowest BCUT2D eigenvalue weighted by atomic mass is 10.2. The summed E-state index contributed by atoms with van der Waals surface area (Å²) in [6.45, 7) is 4.61. The van der Waals surface area contributed by atoms with Gasteiger partial charge in [-0.05, 0) is 30.5 Å². The summed E-state index contributed by atoms with van der Waals surface area (Å²) in [6, 6.07) is 10.1. The Balaban J connectivity index is 1.94. The van der Waals surface area contributed by atoms with E-state index in [1.165, 1.54) is 4.88 Å². The first-order valence-corrected chi connectivity index (χ1v) is 8.20. The summed E-state index contributed by atoms with van der Waals surface area (Å²) >= 11 is 8.01. The molecular formula is C16H20ClNOS. The van der Waals surface area contributed by atoms with E-state index < -0.39 is 0 Å². The van der Waals surface area contributed by atoms with E-state index >= 15 is 0 Å². The molecule has 0 saturated carbocycles. The lowest BCUT2D eigenvalue weighted by Crippen LogP contribution is -2.15. The number of rotatable bonds is 8. The van der Waals surface area contributed by atoms with Gasteiger partial charge in [0.15, 0.2) is 0 Å². The summed E-state index contributed by atoms with van der Waals surface area (Å²) in [5.41, 5.74) is 1.12. The van der Waals surface area contributed by atoms with E-state index in [-0.39, 0.29) is 0 Å². The molecule has 0 aliphatic rings. The maximum atomic E-state index is 6.25. The van der Waals surface area contributed by atoms with Crippen LogP contribution in [0.25, 0.3) is 0 Å². The summed E-state index contributed by atoms with van der Waals surface area (Å²) in [7, 11) is 0. The minimum atomic E-state index is 0.658. The van der Waals surface area contributed by atoms with Crippen LogP contribution in [0.5, 0.6) is 5.75 Å². The highest BCUT2D eigenvalue weighted by atomic mass is 35.5. The minimum Gasteiger partial charge on any atom is -0.491 e. The maximum Gasteiger partial charge on any atom is 0.142 e. The van der Waals surface area contributed by atoms with Crippen molar-refractivity contribution in [3.63, 3.8) is 0 Å². The molecular weight excluding hydrogens is 290 g/mol. The van der Waals surface area contributed by atoms with Crippen LogP contribution in [0.3, 0.4) is 0 Å². The molecule has 0 spiro atoms. The Bertz CT molecular complexity index is 513. The summed E-state index contributed by atoms with van der Waals surface area (Å²) in [4.78, 5) is 1.34. The lowest BCUT2D eigenvalue weighted by molar-refractivity contribution is 0.319. The van der Waals surface area contributed by atoms with Crippen LogP contribution < -0.4 is 10.1 Å². The van der Waals surface area contributed by atoms with Crippen LogP contribution in [0.1, 0.15) is 23.8 Å². The smallest absolute Gasteiger partial charge is 0.142 e. The van der Waals surface area contributed by atoms with Gasteiger partial charge in [-0.1, -0.05) is 36.7 Å². The van der Waals surface area contributed by atoms with Gasteiger partial charge in [-0.15, -0.1) is 11.3 Å². The van der Waals surface area contributed by atoms with E-state index in [2.05, 4.69) is 35.8 Å². The summed E-state index contributed by atoms with van der Waals surface area (Å²) in [5.74, 6) is 0.814.